The minimum Gasteiger partial charge on any atom is -0.363 e. The first-order valence-electron chi connectivity index (χ1n) is 18.8. The van der Waals surface area contributed by atoms with Crippen molar-refractivity contribution < 1.29 is 28.7 Å². The Kier molecular flexibility index (Phi) is 17.4. The Morgan fingerprint density at radius 3 is 1.95 bits per heavy atom. The number of hydrogen-bond acceptors (Lipinski definition) is 12. The van der Waals surface area contributed by atoms with Crippen molar-refractivity contribution in [3.05, 3.63) is 30.3 Å². The normalized spacial score (nSPS) is 18.5. The molecule has 1 aromatic heterocycles. The van der Waals surface area contributed by atoms with Gasteiger partial charge < -0.3 is 40.5 Å². The van der Waals surface area contributed by atoms with E-state index < -0.39 is 36.4 Å². The molecule has 0 radical (unpaired) electrons. The molecular formula is C38H54N10O6S. The minimum atomic E-state index is -0.966. The molecule has 298 valence electrons. The van der Waals surface area contributed by atoms with Crippen molar-refractivity contribution in [1.82, 2.24) is 51.3 Å². The minimum absolute atomic E-state index is 0.00527. The van der Waals surface area contributed by atoms with Gasteiger partial charge in [0.2, 0.25) is 28.8 Å². The van der Waals surface area contributed by atoms with Crippen LogP contribution in [0.2, 0.25) is 0 Å². The first-order valence-corrected chi connectivity index (χ1v) is 19.6. The summed E-state index contributed by atoms with van der Waals surface area (Å²) in [4.78, 5) is 57.4. The van der Waals surface area contributed by atoms with Crippen LogP contribution in [0.25, 0.3) is 0 Å². The van der Waals surface area contributed by atoms with Crippen LogP contribution < -0.4 is 21.3 Å². The lowest BCUT2D eigenvalue weighted by Gasteiger charge is -2.32. The third-order valence-electron chi connectivity index (χ3n) is 9.71. The van der Waals surface area contributed by atoms with Crippen LogP contribution in [0.3, 0.4) is 0 Å². The van der Waals surface area contributed by atoms with E-state index in [-0.39, 0.29) is 42.9 Å². The molecule has 2 aliphatic rings. The van der Waals surface area contributed by atoms with E-state index in [0.29, 0.717) is 31.3 Å². The fraction of sp³-hybridized carbons (Fsp3) is 0.605. The third-order valence-corrected chi connectivity index (χ3v) is 10.7. The Morgan fingerprint density at radius 1 is 0.818 bits per heavy atom. The molecule has 0 spiro atoms. The molecule has 4 rings (SSSR count). The average molecular weight is 779 g/mol. The maximum absolute atomic E-state index is 14.1. The van der Waals surface area contributed by atoms with Crippen molar-refractivity contribution in [1.29, 1.82) is 0 Å². The predicted molar refractivity (Wildman–Crippen MR) is 206 cm³/mol. The quantitative estimate of drug-likeness (QED) is 0.154. The number of likely N-dealkylation sites (N-methyl/N-ethyl adjacent to an activating group) is 2. The third kappa shape index (κ3) is 12.8. The van der Waals surface area contributed by atoms with E-state index in [2.05, 4.69) is 60.5 Å². The molecule has 2 aliphatic heterocycles. The maximum atomic E-state index is 14.1. The van der Waals surface area contributed by atoms with E-state index in [0.717, 1.165) is 30.6 Å². The number of tetrazole rings is 1. The highest BCUT2D eigenvalue weighted by Gasteiger charge is 2.38. The summed E-state index contributed by atoms with van der Waals surface area (Å²) in [7, 11) is 3.35. The lowest BCUT2D eigenvalue weighted by atomic mass is 10.1. The number of carbonyl (C=O) groups is 4. The van der Waals surface area contributed by atoms with Crippen LogP contribution in [0.5, 0.6) is 0 Å². The fourth-order valence-corrected chi connectivity index (χ4v) is 6.88. The van der Waals surface area contributed by atoms with Crippen LogP contribution in [0.1, 0.15) is 53.4 Å². The topological polar surface area (TPSA) is 185 Å². The Labute approximate surface area is 327 Å². The smallest absolute Gasteiger partial charge is 0.248 e. The highest BCUT2D eigenvalue weighted by molar-refractivity contribution is 7.99. The predicted octanol–water partition coefficient (Wildman–Crippen LogP) is 0.440. The Balaban J connectivity index is 1.34. The van der Waals surface area contributed by atoms with Crippen molar-refractivity contribution >= 4 is 35.4 Å². The Morgan fingerprint density at radius 2 is 1.38 bits per heavy atom. The zero-order valence-electron chi connectivity index (χ0n) is 32.5. The molecule has 0 bridgehead atoms. The fourth-order valence-electron chi connectivity index (χ4n) is 6.08. The van der Waals surface area contributed by atoms with Gasteiger partial charge in [-0.2, -0.15) is 0 Å². The number of hydrogen-bond donors (Lipinski definition) is 4. The number of amides is 4. The highest BCUT2D eigenvalue weighted by atomic mass is 32.2. The van der Waals surface area contributed by atoms with Gasteiger partial charge in [-0.05, 0) is 114 Å². The molecule has 0 saturated carbocycles. The number of nitrogens with one attached hydrogen (secondary N) is 4. The van der Waals surface area contributed by atoms with Crippen molar-refractivity contribution in [2.75, 3.05) is 46.9 Å². The summed E-state index contributed by atoms with van der Waals surface area (Å²) >= 11 is 1.45. The van der Waals surface area contributed by atoms with E-state index in [1.165, 1.54) is 11.8 Å². The first kappa shape index (κ1) is 43.2. The molecule has 3 heterocycles. The molecule has 1 aromatic carbocycles. The molecule has 2 aromatic rings. The van der Waals surface area contributed by atoms with E-state index in [9.17, 15) is 19.2 Å². The molecule has 4 N–H and O–H groups in total. The molecular weight excluding hydrogens is 725 g/mol. The van der Waals surface area contributed by atoms with Gasteiger partial charge in [-0.25, -0.2) is 4.68 Å². The van der Waals surface area contributed by atoms with Crippen LogP contribution in [0, 0.1) is 23.7 Å². The Bertz CT molecular complexity index is 1700. The van der Waals surface area contributed by atoms with Gasteiger partial charge in [0, 0.05) is 24.5 Å². The maximum Gasteiger partial charge on any atom is 0.248 e. The second kappa shape index (κ2) is 22.1. The number of benzene rings is 1. The number of rotatable bonds is 18. The van der Waals surface area contributed by atoms with Gasteiger partial charge in [-0.15, -0.1) is 5.10 Å². The molecule has 55 heavy (non-hydrogen) atoms. The average Bonchev–Trinajstić information content (AvgIpc) is 4.00. The summed E-state index contributed by atoms with van der Waals surface area (Å²) in [5.74, 6) is 10.1. The Hall–Kier alpha value is -4.52. The molecule has 16 nitrogen and oxygen atoms in total. The summed E-state index contributed by atoms with van der Waals surface area (Å²) in [6.45, 7) is 9.09. The lowest BCUT2D eigenvalue weighted by molar-refractivity contribution is -0.141. The zero-order valence-corrected chi connectivity index (χ0v) is 33.4. The van der Waals surface area contributed by atoms with Crippen LogP contribution in [0.4, 0.5) is 0 Å². The van der Waals surface area contributed by atoms with Crippen LogP contribution in [-0.4, -0.2) is 143 Å². The van der Waals surface area contributed by atoms with Gasteiger partial charge in [0.1, 0.15) is 25.3 Å². The second-order valence-electron chi connectivity index (χ2n) is 13.5. The first-order chi connectivity index (χ1) is 26.5. The lowest BCUT2D eigenvalue weighted by Crippen LogP contribution is -2.58. The number of ether oxygens (including phenoxy) is 2. The summed E-state index contributed by atoms with van der Waals surface area (Å²) in [6, 6.07) is 6.81. The molecule has 17 heteroatoms. The highest BCUT2D eigenvalue weighted by Crippen LogP contribution is 2.27. The molecule has 7 atom stereocenters. The van der Waals surface area contributed by atoms with Crippen LogP contribution >= 0.6 is 11.8 Å². The van der Waals surface area contributed by atoms with E-state index in [1.54, 1.807) is 56.3 Å². The van der Waals surface area contributed by atoms with E-state index in [4.69, 9.17) is 9.47 Å². The van der Waals surface area contributed by atoms with Crippen molar-refractivity contribution in [2.24, 2.45) is 0 Å². The van der Waals surface area contributed by atoms with Crippen LogP contribution in [-0.2, 0) is 35.2 Å². The van der Waals surface area contributed by atoms with E-state index in [1.807, 2.05) is 30.3 Å². The van der Waals surface area contributed by atoms with Crippen molar-refractivity contribution in [3.63, 3.8) is 0 Å². The van der Waals surface area contributed by atoms with Gasteiger partial charge in [-0.1, -0.05) is 30.0 Å². The molecule has 0 aliphatic carbocycles. The molecule has 2 unspecified atom stereocenters. The van der Waals surface area contributed by atoms with Gasteiger partial charge >= 0.3 is 0 Å². The summed E-state index contributed by atoms with van der Waals surface area (Å²) in [6.07, 6.45) is 2.09. The summed E-state index contributed by atoms with van der Waals surface area (Å²) in [5, 5.41) is 24.4. The molecule has 2 fully saturated rings. The monoisotopic (exact) mass is 778 g/mol. The van der Waals surface area contributed by atoms with Gasteiger partial charge in [-0.3, -0.25) is 19.2 Å². The second-order valence-corrected chi connectivity index (χ2v) is 14.6. The molecule has 2 saturated heterocycles. The van der Waals surface area contributed by atoms with Gasteiger partial charge in [0.25, 0.3) is 0 Å². The number of nitrogens with zero attached hydrogens (tertiary/aromatic N) is 6. The van der Waals surface area contributed by atoms with Gasteiger partial charge in [0.15, 0.2) is 0 Å². The van der Waals surface area contributed by atoms with E-state index >= 15 is 0 Å². The molecule has 4 amide bonds. The SMILES string of the molecule is CN[C@@H](C)C(=O)N[C@H](C(=O)N1CCCC1)C(C)OCC#CC#CCO[C@H](C)[C@H](NC(=O)[C@H](C)NC)C(=O)N1CCCC1Cn1nnnc1Sc1ccccc1. The largest absolute Gasteiger partial charge is 0.363 e. The van der Waals surface area contributed by atoms with Crippen molar-refractivity contribution in [2.45, 2.75) is 112 Å². The van der Waals surface area contributed by atoms with Crippen molar-refractivity contribution in [3.8, 4) is 23.7 Å². The number of carbonyl (C=O) groups excluding carboxylic acids is 4. The zero-order chi connectivity index (χ0) is 39.7. The van der Waals surface area contributed by atoms with Gasteiger partial charge in [0.05, 0.1) is 36.9 Å². The summed E-state index contributed by atoms with van der Waals surface area (Å²) < 4.78 is 13.5. The number of likely N-dealkylation sites (tertiary alicyclic amines) is 2. The summed E-state index contributed by atoms with van der Waals surface area (Å²) in [5.41, 5.74) is 0. The standard InChI is InChI=1S/C38H54N10O6S/c1-26(39-5)34(49)41-32(36(51)46-20-12-13-21-46)28(3)53-23-14-7-8-15-24-54-29(4)33(42-35(50)27(2)40-6)37(52)47-22-16-17-30(47)25-48-38(43-44-45-48)55-31-18-10-9-11-19-31/h9-11,18-19,26-30,32-33,39-40H,12-13,16-17,20-25H2,1-6H3,(H,41,49)(H,42,50)/t26-,27-,28?,29+,30?,32-,33-/m0/s1. The van der Waals surface area contributed by atoms with Crippen LogP contribution in [0.15, 0.2) is 40.4 Å². The number of aromatic nitrogens is 4.